The fraction of sp³-hybridized carbons (Fsp3) is 0.107. The van der Waals surface area contributed by atoms with Crippen molar-refractivity contribution in [1.29, 1.82) is 0 Å². The number of para-hydroxylation sites is 1. The molecule has 2 aromatic heterocycles. The van der Waals surface area contributed by atoms with Crippen molar-refractivity contribution in [1.82, 2.24) is 15.0 Å². The number of carbonyl (C=O) groups is 1. The molecule has 0 unspecified atom stereocenters. The zero-order valence-corrected chi connectivity index (χ0v) is 21.1. The van der Waals surface area contributed by atoms with Gasteiger partial charge in [-0.15, -0.1) is 13.2 Å². The van der Waals surface area contributed by atoms with Crippen LogP contribution in [0.1, 0.15) is 11.7 Å². The standard InChI is InChI=1S/C28H23F3N6O4/c29-28(30,31)41-18-11-9-17(10-12-18)34-27(40)36-21-8-4-7-20-24(21)37-25(35-20)23-19(13-14-32-26(23)39)33-15-22(38)16-5-2-1-3-6-16/h1-14,22,38H,15H2,(H,35,37)(H2,32,33,39)(H2,34,36,40)/t22-/m0/s1. The van der Waals surface area contributed by atoms with E-state index >= 15 is 0 Å². The highest BCUT2D eigenvalue weighted by molar-refractivity contribution is 6.05. The summed E-state index contributed by atoms with van der Waals surface area (Å²) in [7, 11) is 0. The fourth-order valence-electron chi connectivity index (χ4n) is 4.14. The largest absolute Gasteiger partial charge is 0.573 e. The van der Waals surface area contributed by atoms with Crippen LogP contribution in [-0.2, 0) is 0 Å². The molecule has 2 heterocycles. The molecule has 41 heavy (non-hydrogen) atoms. The minimum absolute atomic E-state index is 0.136. The molecule has 0 saturated carbocycles. The molecule has 0 aliphatic carbocycles. The van der Waals surface area contributed by atoms with E-state index in [0.29, 0.717) is 22.4 Å². The molecule has 2 amide bonds. The first-order chi connectivity index (χ1) is 19.7. The van der Waals surface area contributed by atoms with Crippen molar-refractivity contribution in [2.24, 2.45) is 0 Å². The molecule has 6 N–H and O–H groups in total. The van der Waals surface area contributed by atoms with Gasteiger partial charge in [-0.2, -0.15) is 0 Å². The Balaban J connectivity index is 1.34. The van der Waals surface area contributed by atoms with Gasteiger partial charge in [-0.05, 0) is 48.0 Å². The molecule has 0 saturated heterocycles. The Labute approximate surface area is 230 Å². The Hall–Kier alpha value is -5.30. The second-order valence-electron chi connectivity index (χ2n) is 8.84. The first kappa shape index (κ1) is 27.3. The maximum absolute atomic E-state index is 12.8. The van der Waals surface area contributed by atoms with E-state index in [9.17, 15) is 27.9 Å². The number of nitrogens with zero attached hydrogens (tertiary/aromatic N) is 1. The van der Waals surface area contributed by atoms with E-state index in [2.05, 4.69) is 35.6 Å². The number of amides is 2. The number of halogens is 3. The van der Waals surface area contributed by atoms with Gasteiger partial charge in [0, 0.05) is 18.4 Å². The number of H-pyrrole nitrogens is 2. The fourth-order valence-corrected chi connectivity index (χ4v) is 4.14. The van der Waals surface area contributed by atoms with Gasteiger partial charge < -0.3 is 35.8 Å². The van der Waals surface area contributed by atoms with Gasteiger partial charge in [0.2, 0.25) is 0 Å². The summed E-state index contributed by atoms with van der Waals surface area (Å²) in [5, 5.41) is 18.9. The number of benzene rings is 3. The zero-order valence-electron chi connectivity index (χ0n) is 21.1. The highest BCUT2D eigenvalue weighted by Gasteiger charge is 2.31. The van der Waals surface area contributed by atoms with Gasteiger partial charge in [-0.25, -0.2) is 9.78 Å². The third-order valence-corrected chi connectivity index (χ3v) is 5.98. The average Bonchev–Trinajstić information content (AvgIpc) is 3.37. The van der Waals surface area contributed by atoms with E-state index in [4.69, 9.17) is 0 Å². The first-order valence-corrected chi connectivity index (χ1v) is 12.3. The topological polar surface area (TPSA) is 144 Å². The first-order valence-electron chi connectivity index (χ1n) is 12.3. The molecule has 0 fully saturated rings. The highest BCUT2D eigenvalue weighted by Crippen LogP contribution is 2.29. The van der Waals surface area contributed by atoms with Gasteiger partial charge in [0.25, 0.3) is 5.56 Å². The van der Waals surface area contributed by atoms with Crippen LogP contribution in [0.15, 0.2) is 89.9 Å². The molecule has 210 valence electrons. The molecule has 5 aromatic rings. The monoisotopic (exact) mass is 564 g/mol. The summed E-state index contributed by atoms with van der Waals surface area (Å²) in [6.45, 7) is 0.136. The van der Waals surface area contributed by atoms with Crippen molar-refractivity contribution in [2.75, 3.05) is 22.5 Å². The number of ether oxygens (including phenoxy) is 1. The molecule has 0 aliphatic heterocycles. The van der Waals surface area contributed by atoms with E-state index in [-0.39, 0.29) is 23.6 Å². The summed E-state index contributed by atoms with van der Waals surface area (Å²) in [4.78, 5) is 35.7. The van der Waals surface area contributed by atoms with E-state index in [1.807, 2.05) is 18.2 Å². The van der Waals surface area contributed by atoms with Crippen LogP contribution in [0.25, 0.3) is 22.4 Å². The Bertz CT molecular complexity index is 1720. The number of imidazole rings is 1. The van der Waals surface area contributed by atoms with Crippen molar-refractivity contribution < 1.29 is 27.8 Å². The quantitative estimate of drug-likeness (QED) is 0.145. The average molecular weight is 565 g/mol. The van der Waals surface area contributed by atoms with Crippen LogP contribution in [0.3, 0.4) is 0 Å². The lowest BCUT2D eigenvalue weighted by Gasteiger charge is -2.14. The molecule has 1 atom stereocenters. The molecule has 0 bridgehead atoms. The van der Waals surface area contributed by atoms with Crippen molar-refractivity contribution in [3.05, 3.63) is 101 Å². The zero-order chi connectivity index (χ0) is 29.0. The second-order valence-corrected chi connectivity index (χ2v) is 8.84. The minimum Gasteiger partial charge on any atom is -0.406 e. The number of pyridine rings is 1. The number of urea groups is 1. The van der Waals surface area contributed by atoms with E-state index in [1.165, 1.54) is 18.3 Å². The van der Waals surface area contributed by atoms with Gasteiger partial charge in [0.1, 0.15) is 17.1 Å². The van der Waals surface area contributed by atoms with Crippen LogP contribution in [0, 0.1) is 0 Å². The van der Waals surface area contributed by atoms with Crippen LogP contribution >= 0.6 is 0 Å². The maximum atomic E-state index is 12.8. The number of aliphatic hydroxyl groups excluding tert-OH is 1. The molecule has 5 rings (SSSR count). The van der Waals surface area contributed by atoms with Crippen LogP contribution < -0.4 is 26.2 Å². The molecule has 13 heteroatoms. The lowest BCUT2D eigenvalue weighted by molar-refractivity contribution is -0.274. The number of aromatic nitrogens is 3. The number of fused-ring (bicyclic) bond motifs is 1. The number of hydrogen-bond acceptors (Lipinski definition) is 6. The maximum Gasteiger partial charge on any atom is 0.573 e. The van der Waals surface area contributed by atoms with Gasteiger partial charge in [0.15, 0.2) is 0 Å². The van der Waals surface area contributed by atoms with Gasteiger partial charge in [-0.3, -0.25) is 4.79 Å². The summed E-state index contributed by atoms with van der Waals surface area (Å²) in [5.41, 5.74) is 2.42. The Morgan fingerprint density at radius 1 is 0.951 bits per heavy atom. The Morgan fingerprint density at radius 3 is 2.44 bits per heavy atom. The number of aromatic amines is 2. The Morgan fingerprint density at radius 2 is 1.71 bits per heavy atom. The van der Waals surface area contributed by atoms with Crippen molar-refractivity contribution in [3.63, 3.8) is 0 Å². The summed E-state index contributed by atoms with van der Waals surface area (Å²) >= 11 is 0. The summed E-state index contributed by atoms with van der Waals surface area (Å²) in [6, 6.07) is 19.7. The number of nitrogens with one attached hydrogen (secondary N) is 5. The van der Waals surface area contributed by atoms with Crippen molar-refractivity contribution in [2.45, 2.75) is 12.5 Å². The smallest absolute Gasteiger partial charge is 0.406 e. The predicted molar refractivity (Wildman–Crippen MR) is 148 cm³/mol. The van der Waals surface area contributed by atoms with Gasteiger partial charge in [0.05, 0.1) is 28.5 Å². The highest BCUT2D eigenvalue weighted by atomic mass is 19.4. The number of aliphatic hydroxyl groups is 1. The molecule has 10 nitrogen and oxygen atoms in total. The predicted octanol–water partition coefficient (Wildman–Crippen LogP) is 5.61. The van der Waals surface area contributed by atoms with E-state index in [1.54, 1.807) is 36.4 Å². The molecular formula is C28H23F3N6O4. The summed E-state index contributed by atoms with van der Waals surface area (Å²) < 4.78 is 40.9. The Kier molecular flexibility index (Phi) is 7.61. The van der Waals surface area contributed by atoms with Crippen molar-refractivity contribution >= 4 is 34.1 Å². The summed E-state index contributed by atoms with van der Waals surface area (Å²) in [6.07, 6.45) is -4.16. The normalized spacial score (nSPS) is 12.1. The summed E-state index contributed by atoms with van der Waals surface area (Å²) in [5.74, 6) is -0.189. The number of hydrogen-bond donors (Lipinski definition) is 6. The SMILES string of the molecule is O=C(Nc1ccc(OC(F)(F)F)cc1)Nc1cccc2nc(-c3c(NC[C@H](O)c4ccccc4)cc[nH]c3=O)[nH]c12. The van der Waals surface area contributed by atoms with Crippen LogP contribution in [0.2, 0.25) is 0 Å². The third-order valence-electron chi connectivity index (χ3n) is 5.98. The molecule has 0 radical (unpaired) electrons. The number of alkyl halides is 3. The minimum atomic E-state index is -4.82. The molecule has 0 aliphatic rings. The van der Waals surface area contributed by atoms with Crippen LogP contribution in [0.5, 0.6) is 5.75 Å². The van der Waals surface area contributed by atoms with Gasteiger partial charge >= 0.3 is 12.4 Å². The molecule has 3 aromatic carbocycles. The van der Waals surface area contributed by atoms with Gasteiger partial charge in [-0.1, -0.05) is 36.4 Å². The van der Waals surface area contributed by atoms with Crippen LogP contribution in [-0.4, -0.2) is 39.0 Å². The van der Waals surface area contributed by atoms with Crippen LogP contribution in [0.4, 0.5) is 35.0 Å². The van der Waals surface area contributed by atoms with E-state index < -0.39 is 29.8 Å². The second kappa shape index (κ2) is 11.4. The number of anilines is 3. The lowest BCUT2D eigenvalue weighted by Crippen LogP contribution is -2.20. The van der Waals surface area contributed by atoms with E-state index in [0.717, 1.165) is 17.7 Å². The molecule has 0 spiro atoms. The number of carbonyl (C=O) groups excluding carboxylic acids is 1. The lowest BCUT2D eigenvalue weighted by atomic mass is 10.1. The third kappa shape index (κ3) is 6.65. The van der Waals surface area contributed by atoms with Crippen molar-refractivity contribution in [3.8, 4) is 17.1 Å². The number of rotatable bonds is 8. The molecular weight excluding hydrogens is 541 g/mol.